The highest BCUT2D eigenvalue weighted by Gasteiger charge is 2.31. The van der Waals surface area contributed by atoms with Crippen LogP contribution in [-0.4, -0.2) is 55.5 Å². The minimum absolute atomic E-state index is 0.0463. The van der Waals surface area contributed by atoms with Gasteiger partial charge in [-0.15, -0.1) is 0 Å². The van der Waals surface area contributed by atoms with Gasteiger partial charge in [-0.25, -0.2) is 4.58 Å². The number of ether oxygens (including phenoxy) is 1. The molecule has 0 N–H and O–H groups in total. The summed E-state index contributed by atoms with van der Waals surface area (Å²) >= 11 is 0. The van der Waals surface area contributed by atoms with E-state index in [4.69, 9.17) is 4.74 Å². The van der Waals surface area contributed by atoms with Gasteiger partial charge < -0.3 is 4.74 Å². The van der Waals surface area contributed by atoms with Crippen LogP contribution in [0.3, 0.4) is 0 Å². The van der Waals surface area contributed by atoms with E-state index in [2.05, 4.69) is 0 Å². The number of hydrogen-bond donors (Lipinski definition) is 0. The molecule has 0 aromatic heterocycles. The summed E-state index contributed by atoms with van der Waals surface area (Å²) in [5.41, 5.74) is 0. The van der Waals surface area contributed by atoms with E-state index in [1.165, 1.54) is 0 Å². The maximum absolute atomic E-state index is 5.18. The van der Waals surface area contributed by atoms with Crippen LogP contribution in [0.1, 0.15) is 0 Å². The minimum Gasteiger partial charge on any atom is -0.328 e. The molecule has 1 rings (SSSR count). The van der Waals surface area contributed by atoms with E-state index in [0.717, 1.165) is 0 Å². The largest absolute Gasteiger partial charge is 0.328 e. The lowest BCUT2D eigenvalue weighted by Gasteiger charge is -2.16. The van der Waals surface area contributed by atoms with Crippen LogP contribution in [0.25, 0.3) is 0 Å². The molecule has 0 fully saturated rings. The molecule has 0 radical (unpaired) electrons. The Morgan fingerprint density at radius 2 is 2.10 bits per heavy atom. The van der Waals surface area contributed by atoms with Crippen LogP contribution in [0.15, 0.2) is 0 Å². The van der Waals surface area contributed by atoms with Gasteiger partial charge in [0.15, 0.2) is 0 Å². The van der Waals surface area contributed by atoms with E-state index in [1.54, 1.807) is 7.11 Å². The molecule has 1 unspecified atom stereocenters. The lowest BCUT2D eigenvalue weighted by molar-refractivity contribution is -0.599. The third kappa shape index (κ3) is 0.998. The SMILES string of the molecule is COC1N(C)N(C)C=[N+]1C. The number of hydrazine groups is 1. The highest BCUT2D eigenvalue weighted by atomic mass is 16.5. The van der Waals surface area contributed by atoms with Crippen molar-refractivity contribution >= 4 is 6.34 Å². The van der Waals surface area contributed by atoms with E-state index < -0.39 is 0 Å². The minimum atomic E-state index is 0.0463. The first kappa shape index (κ1) is 7.50. The lowest BCUT2D eigenvalue weighted by atomic mass is 10.8. The van der Waals surface area contributed by atoms with E-state index in [0.29, 0.717) is 0 Å². The van der Waals surface area contributed by atoms with Crippen LogP contribution in [0.5, 0.6) is 0 Å². The molecule has 0 saturated carbocycles. The van der Waals surface area contributed by atoms with Gasteiger partial charge in [0.25, 0.3) is 12.7 Å². The van der Waals surface area contributed by atoms with Crippen LogP contribution in [-0.2, 0) is 4.74 Å². The standard InChI is InChI=1S/C6H14N3O/c1-7-5-8(2)9(3)6(7)10-4/h5-6H,1-4H3/q+1. The topological polar surface area (TPSA) is 18.7 Å². The summed E-state index contributed by atoms with van der Waals surface area (Å²) in [6.07, 6.45) is 2.03. The molecule has 0 bridgehead atoms. The van der Waals surface area contributed by atoms with Gasteiger partial charge in [-0.3, -0.25) is 0 Å². The summed E-state index contributed by atoms with van der Waals surface area (Å²) in [4.78, 5) is 0. The summed E-state index contributed by atoms with van der Waals surface area (Å²) in [5.74, 6) is 0. The molecular weight excluding hydrogens is 130 g/mol. The first-order valence-electron chi connectivity index (χ1n) is 3.22. The molecule has 0 aromatic rings. The molecule has 0 amide bonds. The second-order valence-corrected chi connectivity index (χ2v) is 2.49. The Bertz CT molecular complexity index is 157. The van der Waals surface area contributed by atoms with Gasteiger partial charge >= 0.3 is 0 Å². The molecule has 1 atom stereocenters. The van der Waals surface area contributed by atoms with E-state index in [9.17, 15) is 0 Å². The Morgan fingerprint density at radius 3 is 2.30 bits per heavy atom. The second kappa shape index (κ2) is 2.56. The van der Waals surface area contributed by atoms with Gasteiger partial charge in [-0.1, -0.05) is 5.01 Å². The van der Waals surface area contributed by atoms with Gasteiger partial charge in [-0.2, -0.15) is 5.01 Å². The molecule has 1 heterocycles. The highest BCUT2D eigenvalue weighted by molar-refractivity contribution is 5.48. The molecule has 0 spiro atoms. The van der Waals surface area contributed by atoms with Crippen molar-refractivity contribution in [2.75, 3.05) is 28.3 Å². The Kier molecular flexibility index (Phi) is 1.92. The summed E-state index contributed by atoms with van der Waals surface area (Å²) in [6.45, 7) is 0. The normalized spacial score (nSPS) is 27.4. The van der Waals surface area contributed by atoms with Crippen molar-refractivity contribution in [2.24, 2.45) is 0 Å². The van der Waals surface area contributed by atoms with Crippen molar-refractivity contribution in [1.82, 2.24) is 10.0 Å². The number of nitrogens with zero attached hydrogens (tertiary/aromatic N) is 3. The predicted octanol–water partition coefficient (Wildman–Crippen LogP) is -0.621. The molecule has 0 saturated heterocycles. The van der Waals surface area contributed by atoms with Crippen LogP contribution < -0.4 is 0 Å². The van der Waals surface area contributed by atoms with Gasteiger partial charge in [0.1, 0.15) is 0 Å². The number of rotatable bonds is 1. The molecule has 0 aromatic carbocycles. The first-order chi connectivity index (χ1) is 4.66. The fraction of sp³-hybridized carbons (Fsp3) is 0.833. The molecule has 1 aliphatic rings. The predicted molar refractivity (Wildman–Crippen MR) is 38.6 cm³/mol. The van der Waals surface area contributed by atoms with Crippen molar-refractivity contribution in [2.45, 2.75) is 6.35 Å². The molecule has 58 valence electrons. The Morgan fingerprint density at radius 1 is 1.50 bits per heavy atom. The number of hydrogen-bond acceptors (Lipinski definition) is 3. The van der Waals surface area contributed by atoms with Gasteiger partial charge in [0.2, 0.25) is 0 Å². The molecule has 4 heteroatoms. The molecular formula is C6H14N3O+. The van der Waals surface area contributed by atoms with Crippen molar-refractivity contribution < 1.29 is 9.31 Å². The van der Waals surface area contributed by atoms with Crippen molar-refractivity contribution in [1.29, 1.82) is 0 Å². The molecule has 0 aliphatic carbocycles. The smallest absolute Gasteiger partial charge is 0.291 e. The van der Waals surface area contributed by atoms with Crippen molar-refractivity contribution in [3.8, 4) is 0 Å². The van der Waals surface area contributed by atoms with E-state index in [1.807, 2.05) is 42.1 Å². The van der Waals surface area contributed by atoms with E-state index >= 15 is 0 Å². The quantitative estimate of drug-likeness (QED) is 0.457. The summed E-state index contributed by atoms with van der Waals surface area (Å²) < 4.78 is 7.18. The Labute approximate surface area is 61.3 Å². The third-order valence-electron chi connectivity index (χ3n) is 1.73. The van der Waals surface area contributed by atoms with Gasteiger partial charge in [-0.05, 0) is 0 Å². The highest BCUT2D eigenvalue weighted by Crippen LogP contribution is 2.05. The van der Waals surface area contributed by atoms with Crippen molar-refractivity contribution in [3.63, 3.8) is 0 Å². The fourth-order valence-electron chi connectivity index (χ4n) is 1.14. The lowest BCUT2D eigenvalue weighted by Crippen LogP contribution is -2.40. The first-order valence-corrected chi connectivity index (χ1v) is 3.22. The monoisotopic (exact) mass is 144 g/mol. The Balaban J connectivity index is 2.68. The van der Waals surface area contributed by atoms with Crippen molar-refractivity contribution in [3.05, 3.63) is 0 Å². The molecule has 4 nitrogen and oxygen atoms in total. The van der Waals surface area contributed by atoms with Crippen LogP contribution >= 0.6 is 0 Å². The average molecular weight is 144 g/mol. The summed E-state index contributed by atoms with van der Waals surface area (Å²) in [6, 6.07) is 0. The summed E-state index contributed by atoms with van der Waals surface area (Å²) in [5, 5.41) is 3.98. The maximum Gasteiger partial charge on any atom is 0.291 e. The zero-order valence-electron chi connectivity index (χ0n) is 6.90. The zero-order valence-corrected chi connectivity index (χ0v) is 6.90. The Hall–Kier alpha value is -0.610. The van der Waals surface area contributed by atoms with Crippen LogP contribution in [0.2, 0.25) is 0 Å². The third-order valence-corrected chi connectivity index (χ3v) is 1.73. The van der Waals surface area contributed by atoms with Gasteiger partial charge in [0.05, 0.1) is 14.1 Å². The average Bonchev–Trinajstić information content (AvgIpc) is 2.09. The van der Waals surface area contributed by atoms with Crippen LogP contribution in [0.4, 0.5) is 0 Å². The molecule has 10 heavy (non-hydrogen) atoms. The second-order valence-electron chi connectivity index (χ2n) is 2.49. The van der Waals surface area contributed by atoms with E-state index in [-0.39, 0.29) is 6.35 Å². The maximum atomic E-state index is 5.18. The fourth-order valence-corrected chi connectivity index (χ4v) is 1.14. The zero-order chi connectivity index (χ0) is 7.72. The summed E-state index contributed by atoms with van der Waals surface area (Å²) in [7, 11) is 7.64. The van der Waals surface area contributed by atoms with Gasteiger partial charge in [0, 0.05) is 14.2 Å². The number of methoxy groups -OCH3 is 1. The molecule has 1 aliphatic heterocycles. The van der Waals surface area contributed by atoms with Crippen LogP contribution in [0, 0.1) is 0 Å².